The second-order valence-electron chi connectivity index (χ2n) is 10.2. The van der Waals surface area contributed by atoms with Gasteiger partial charge >= 0.3 is 5.97 Å². The largest absolute Gasteiger partial charge is 0.462 e. The van der Waals surface area contributed by atoms with Crippen LogP contribution in [0.15, 0.2) is 30.9 Å². The zero-order valence-electron chi connectivity index (χ0n) is 21.9. The molecule has 38 heavy (non-hydrogen) atoms. The van der Waals surface area contributed by atoms with Gasteiger partial charge < -0.3 is 34.3 Å². The number of anilines is 1. The molecule has 0 spiro atoms. The number of aliphatic hydroxyl groups is 1. The van der Waals surface area contributed by atoms with E-state index in [4.69, 9.17) is 14.0 Å². The highest BCUT2D eigenvalue weighted by Gasteiger charge is 2.55. The Morgan fingerprint density at radius 3 is 2.76 bits per heavy atom. The van der Waals surface area contributed by atoms with E-state index in [2.05, 4.69) is 27.3 Å². The number of amides is 1. The number of halogens is 1. The third-order valence-electron chi connectivity index (χ3n) is 6.65. The monoisotopic (exact) mass is 553 g/mol. The summed E-state index contributed by atoms with van der Waals surface area (Å²) in [6.45, 7) is 10.5. The summed E-state index contributed by atoms with van der Waals surface area (Å²) in [7, 11) is -3.54. The van der Waals surface area contributed by atoms with Crippen molar-refractivity contribution in [3.8, 4) is 0 Å². The van der Waals surface area contributed by atoms with Gasteiger partial charge in [0.25, 0.3) is 13.4 Å². The molecule has 4 rings (SSSR count). The molecule has 2 aromatic rings. The summed E-state index contributed by atoms with van der Waals surface area (Å²) < 4.78 is 47.1. The van der Waals surface area contributed by atoms with E-state index in [1.807, 2.05) is 0 Å². The number of benzene rings is 1. The van der Waals surface area contributed by atoms with Crippen molar-refractivity contribution in [2.24, 2.45) is 5.41 Å². The Balaban J connectivity index is 1.53. The first-order chi connectivity index (χ1) is 17.8. The molecule has 1 aromatic carbocycles. The minimum absolute atomic E-state index is 0.308. The van der Waals surface area contributed by atoms with Crippen molar-refractivity contribution in [1.82, 2.24) is 20.0 Å². The lowest BCUT2D eigenvalue weighted by molar-refractivity contribution is -0.149. The normalized spacial score (nSPS) is 27.5. The molecule has 1 fully saturated rings. The standard InChI is InChI=1S/C24H33FN5O7P/c1-12(2)36-23(33)13(3)29-38(6,34)35-9-19-24(5,10-31)20(25)22(37-19)30-11-26-17-7-15-16(8-18(17)30)27-14(4)28-21(15)32/h7-8,11-13,19-20,22,27,31H,4,9-10H2,1-3,5-6H3,(H,28,32)(H,29,34)/t13-,19+,20-,22+,24?,38?/m0/s1. The smallest absolute Gasteiger partial charge is 0.323 e. The molecule has 1 amide bonds. The fraction of sp³-hybridized carbons (Fsp3) is 0.542. The van der Waals surface area contributed by atoms with Crippen molar-refractivity contribution < 1.29 is 37.6 Å². The Morgan fingerprint density at radius 1 is 1.39 bits per heavy atom. The summed E-state index contributed by atoms with van der Waals surface area (Å²) in [5.41, 5.74) is 0.384. The number of hydrogen-bond acceptors (Lipinski definition) is 9. The summed E-state index contributed by atoms with van der Waals surface area (Å²) in [4.78, 5) is 28.7. The van der Waals surface area contributed by atoms with Crippen LogP contribution in [0.3, 0.4) is 0 Å². The van der Waals surface area contributed by atoms with Crippen molar-refractivity contribution in [1.29, 1.82) is 0 Å². The van der Waals surface area contributed by atoms with E-state index in [0.717, 1.165) is 0 Å². The molecule has 4 N–H and O–H groups in total. The quantitative estimate of drug-likeness (QED) is 0.269. The zero-order chi connectivity index (χ0) is 28.0. The molecule has 6 atom stereocenters. The van der Waals surface area contributed by atoms with Gasteiger partial charge in [0, 0.05) is 6.66 Å². The molecular weight excluding hydrogens is 520 g/mol. The van der Waals surface area contributed by atoms with Crippen LogP contribution in [0.5, 0.6) is 0 Å². The third-order valence-corrected chi connectivity index (χ3v) is 8.15. The lowest BCUT2D eigenvalue weighted by Gasteiger charge is -2.30. The van der Waals surface area contributed by atoms with E-state index in [0.29, 0.717) is 28.1 Å². The maximum atomic E-state index is 15.9. The number of ether oxygens (including phenoxy) is 2. The van der Waals surface area contributed by atoms with E-state index in [1.165, 1.54) is 31.4 Å². The van der Waals surface area contributed by atoms with Gasteiger partial charge in [0.05, 0.1) is 59.4 Å². The number of esters is 1. The van der Waals surface area contributed by atoms with Crippen molar-refractivity contribution in [3.05, 3.63) is 36.4 Å². The Labute approximate surface area is 219 Å². The first kappa shape index (κ1) is 28.2. The van der Waals surface area contributed by atoms with Gasteiger partial charge in [-0.2, -0.15) is 0 Å². The predicted octanol–water partition coefficient (Wildman–Crippen LogP) is 2.67. The number of aliphatic hydroxyl groups excluding tert-OH is 1. The molecule has 2 aliphatic rings. The minimum atomic E-state index is -3.54. The summed E-state index contributed by atoms with van der Waals surface area (Å²) in [5.74, 6) is -0.616. The Kier molecular flexibility index (Phi) is 7.70. The van der Waals surface area contributed by atoms with Gasteiger partial charge in [0.1, 0.15) is 11.9 Å². The number of hydrogen-bond donors (Lipinski definition) is 4. The van der Waals surface area contributed by atoms with Crippen LogP contribution in [0, 0.1) is 5.41 Å². The highest BCUT2D eigenvalue weighted by molar-refractivity contribution is 7.56. The van der Waals surface area contributed by atoms with Gasteiger partial charge in [-0.3, -0.25) is 14.2 Å². The van der Waals surface area contributed by atoms with Crippen LogP contribution in [-0.2, 0) is 23.4 Å². The number of carbonyl (C=O) groups is 2. The lowest BCUT2D eigenvalue weighted by Crippen LogP contribution is -2.41. The van der Waals surface area contributed by atoms with E-state index in [-0.39, 0.29) is 18.6 Å². The van der Waals surface area contributed by atoms with Crippen LogP contribution in [-0.4, -0.2) is 70.8 Å². The molecule has 12 nitrogen and oxygen atoms in total. The molecule has 1 saturated heterocycles. The number of nitrogens with zero attached hydrogens (tertiary/aromatic N) is 2. The zero-order valence-corrected chi connectivity index (χ0v) is 22.8. The topological polar surface area (TPSA) is 153 Å². The van der Waals surface area contributed by atoms with E-state index in [1.54, 1.807) is 26.0 Å². The SMILES string of the molecule is C=C1NC(=O)c2cc3ncn([C@@H]4O[C@H](COP(C)(=O)N[C@@H](C)C(=O)OC(C)C)C(C)(CO)[C@H]4F)c3cc2N1. The Morgan fingerprint density at radius 2 is 2.11 bits per heavy atom. The van der Waals surface area contributed by atoms with Crippen LogP contribution in [0.4, 0.5) is 10.1 Å². The minimum Gasteiger partial charge on any atom is -0.462 e. The predicted molar refractivity (Wildman–Crippen MR) is 137 cm³/mol. The fourth-order valence-corrected chi connectivity index (χ4v) is 5.78. The molecular formula is C24H33FN5O7P. The van der Waals surface area contributed by atoms with Crippen LogP contribution in [0.25, 0.3) is 11.0 Å². The van der Waals surface area contributed by atoms with Gasteiger partial charge in [0.15, 0.2) is 12.4 Å². The van der Waals surface area contributed by atoms with Gasteiger partial charge in [-0.15, -0.1) is 0 Å². The Hall–Kier alpha value is -2.83. The summed E-state index contributed by atoms with van der Waals surface area (Å²) in [5, 5.41) is 18.3. The van der Waals surface area contributed by atoms with Crippen molar-refractivity contribution in [3.63, 3.8) is 0 Å². The molecule has 2 unspecified atom stereocenters. The second-order valence-corrected chi connectivity index (χ2v) is 12.4. The Bertz CT molecular complexity index is 1320. The third kappa shape index (κ3) is 5.34. The van der Waals surface area contributed by atoms with Crippen LogP contribution < -0.4 is 15.7 Å². The van der Waals surface area contributed by atoms with Gasteiger partial charge in [-0.25, -0.2) is 14.5 Å². The van der Waals surface area contributed by atoms with E-state index < -0.39 is 50.1 Å². The number of rotatable bonds is 9. The number of nitrogens with one attached hydrogen (secondary N) is 3. The maximum absolute atomic E-state index is 15.9. The van der Waals surface area contributed by atoms with E-state index >= 15 is 4.39 Å². The van der Waals surface area contributed by atoms with Gasteiger partial charge in [-0.05, 0) is 32.9 Å². The molecule has 208 valence electrons. The molecule has 2 aliphatic heterocycles. The first-order valence-electron chi connectivity index (χ1n) is 12.1. The van der Waals surface area contributed by atoms with Crippen LogP contribution >= 0.6 is 7.52 Å². The van der Waals surface area contributed by atoms with Gasteiger partial charge in [-0.1, -0.05) is 13.5 Å². The molecule has 0 saturated carbocycles. The number of imidazole rings is 1. The molecule has 3 heterocycles. The van der Waals surface area contributed by atoms with Crippen LogP contribution in [0.1, 0.15) is 44.3 Å². The van der Waals surface area contributed by atoms with Crippen molar-refractivity contribution in [2.45, 2.75) is 58.3 Å². The average Bonchev–Trinajstić information content (AvgIpc) is 3.34. The fourth-order valence-electron chi connectivity index (χ4n) is 4.47. The second kappa shape index (κ2) is 10.4. The number of fused-ring (bicyclic) bond motifs is 2. The molecule has 0 radical (unpaired) electrons. The summed E-state index contributed by atoms with van der Waals surface area (Å²) >= 11 is 0. The summed E-state index contributed by atoms with van der Waals surface area (Å²) in [6.07, 6.45) is -2.80. The number of aromatic nitrogens is 2. The molecule has 0 aliphatic carbocycles. The van der Waals surface area contributed by atoms with E-state index in [9.17, 15) is 19.3 Å². The first-order valence-corrected chi connectivity index (χ1v) is 14.2. The van der Waals surface area contributed by atoms with Crippen molar-refractivity contribution >= 4 is 36.1 Å². The molecule has 0 bridgehead atoms. The molecule has 1 aromatic heterocycles. The van der Waals surface area contributed by atoms with Crippen molar-refractivity contribution in [2.75, 3.05) is 25.2 Å². The molecule has 14 heteroatoms. The number of carbonyl (C=O) groups excluding carboxylic acids is 2. The van der Waals surface area contributed by atoms with Crippen LogP contribution in [0.2, 0.25) is 0 Å². The summed E-state index contributed by atoms with van der Waals surface area (Å²) in [6, 6.07) is 2.33. The number of alkyl halides is 1. The highest BCUT2D eigenvalue weighted by atomic mass is 31.2. The average molecular weight is 554 g/mol. The van der Waals surface area contributed by atoms with Gasteiger partial charge in [0.2, 0.25) is 0 Å². The highest BCUT2D eigenvalue weighted by Crippen LogP contribution is 2.48. The lowest BCUT2D eigenvalue weighted by atomic mass is 9.82. The maximum Gasteiger partial charge on any atom is 0.323 e.